The first-order valence-corrected chi connectivity index (χ1v) is 22.3. The van der Waals surface area contributed by atoms with Crippen molar-refractivity contribution in [3.05, 3.63) is 215 Å². The van der Waals surface area contributed by atoms with Crippen LogP contribution in [0.4, 0.5) is 0 Å². The maximum Gasteiger partial charge on any atom is 0.187 e. The molecule has 0 radical (unpaired) electrons. The molecule has 2 N–H and O–H groups in total. The quantitative estimate of drug-likeness (QED) is 0.0691. The molecule has 0 bridgehead atoms. The van der Waals surface area contributed by atoms with E-state index in [1.54, 1.807) is 0 Å². The number of ether oxygens (including phenoxy) is 9. The molecular weight excluding hydrogens is 825 g/mol. The van der Waals surface area contributed by atoms with Crippen molar-refractivity contribution in [2.75, 3.05) is 13.2 Å². The lowest BCUT2D eigenvalue weighted by Gasteiger charge is -2.47. The maximum atomic E-state index is 11.9. The highest BCUT2D eigenvalue weighted by atomic mass is 16.7. The monoisotopic (exact) mass is 882 g/mol. The highest BCUT2D eigenvalue weighted by Crippen LogP contribution is 2.33. The summed E-state index contributed by atoms with van der Waals surface area (Å²) in [5, 5.41) is 23.3. The van der Waals surface area contributed by atoms with Crippen LogP contribution in [0, 0.1) is 0 Å². The summed E-state index contributed by atoms with van der Waals surface area (Å²) in [6, 6.07) is 58.9. The van der Waals surface area contributed by atoms with Crippen molar-refractivity contribution in [2.45, 2.75) is 101 Å². The van der Waals surface area contributed by atoms with Crippen molar-refractivity contribution >= 4 is 0 Å². The van der Waals surface area contributed by atoms with Crippen LogP contribution in [0.1, 0.15) is 33.4 Å². The molecule has 0 aliphatic carbocycles. The van der Waals surface area contributed by atoms with Gasteiger partial charge in [0.05, 0.1) is 52.9 Å². The summed E-state index contributed by atoms with van der Waals surface area (Å²) in [6.07, 6.45) is -9.78. The molecule has 2 heterocycles. The second-order valence-corrected chi connectivity index (χ2v) is 16.2. The van der Waals surface area contributed by atoms with Gasteiger partial charge in [-0.05, 0) is 33.4 Å². The zero-order chi connectivity index (χ0) is 44.5. The van der Waals surface area contributed by atoms with Crippen molar-refractivity contribution in [1.82, 2.24) is 0 Å². The van der Waals surface area contributed by atoms with E-state index in [0.717, 1.165) is 33.4 Å². The number of aliphatic hydroxyl groups is 2. The first-order chi connectivity index (χ1) is 32.1. The van der Waals surface area contributed by atoms with Crippen LogP contribution in [0.25, 0.3) is 0 Å². The minimum Gasteiger partial charge on any atom is -0.387 e. The molecule has 6 aromatic carbocycles. The van der Waals surface area contributed by atoms with Crippen molar-refractivity contribution in [3.63, 3.8) is 0 Å². The van der Waals surface area contributed by atoms with Gasteiger partial charge in [0.1, 0.15) is 48.8 Å². The number of hydrogen-bond acceptors (Lipinski definition) is 11. The third-order valence-corrected chi connectivity index (χ3v) is 11.5. The van der Waals surface area contributed by atoms with Gasteiger partial charge in [0.15, 0.2) is 12.6 Å². The summed E-state index contributed by atoms with van der Waals surface area (Å²) in [4.78, 5) is 0. The molecule has 0 aromatic heterocycles. The topological polar surface area (TPSA) is 124 Å². The van der Waals surface area contributed by atoms with Crippen LogP contribution in [-0.2, 0) is 82.3 Å². The third kappa shape index (κ3) is 13.5. The van der Waals surface area contributed by atoms with Crippen molar-refractivity contribution in [2.24, 2.45) is 0 Å². The van der Waals surface area contributed by atoms with Crippen LogP contribution in [0.15, 0.2) is 182 Å². The SMILES string of the molecule is O[C@@H]1[C@H](OCc2ccccc2)[C@H](O)O[C@H](CO[C@H]2O[C@H](COCc3ccccc3)[C@@H](OCc3ccccc3)[C@H](OCc3ccccc3)[C@@H]2OCc2ccccc2)[C@H]1OCc1ccccc1. The van der Waals surface area contributed by atoms with Crippen LogP contribution < -0.4 is 0 Å². The summed E-state index contributed by atoms with van der Waals surface area (Å²) in [5.41, 5.74) is 5.69. The van der Waals surface area contributed by atoms with Gasteiger partial charge in [0, 0.05) is 0 Å². The van der Waals surface area contributed by atoms with Gasteiger partial charge in [-0.2, -0.15) is 0 Å². The summed E-state index contributed by atoms with van der Waals surface area (Å²) >= 11 is 0. The van der Waals surface area contributed by atoms with E-state index in [0.29, 0.717) is 6.61 Å². The highest BCUT2D eigenvalue weighted by molar-refractivity contribution is 5.18. The normalized spacial score (nSPS) is 25.6. The molecule has 340 valence electrons. The molecule has 0 unspecified atom stereocenters. The summed E-state index contributed by atoms with van der Waals surface area (Å²) in [7, 11) is 0. The predicted octanol–water partition coefficient (Wildman–Crippen LogP) is 7.95. The fourth-order valence-electron chi connectivity index (χ4n) is 8.03. The summed E-state index contributed by atoms with van der Waals surface area (Å²) < 4.78 is 59.3. The number of rotatable bonds is 22. The van der Waals surface area contributed by atoms with E-state index in [1.165, 1.54) is 0 Å². The molecule has 0 spiro atoms. The van der Waals surface area contributed by atoms with Gasteiger partial charge >= 0.3 is 0 Å². The molecule has 0 amide bonds. The molecule has 2 aliphatic rings. The zero-order valence-electron chi connectivity index (χ0n) is 36.3. The van der Waals surface area contributed by atoms with Gasteiger partial charge in [-0.1, -0.05) is 182 Å². The van der Waals surface area contributed by atoms with E-state index < -0.39 is 61.4 Å². The van der Waals surface area contributed by atoms with E-state index >= 15 is 0 Å². The first kappa shape index (κ1) is 46.4. The van der Waals surface area contributed by atoms with E-state index in [9.17, 15) is 10.2 Å². The van der Waals surface area contributed by atoms with Gasteiger partial charge in [-0.15, -0.1) is 0 Å². The lowest BCUT2D eigenvalue weighted by atomic mass is 9.97. The lowest BCUT2D eigenvalue weighted by Crippen LogP contribution is -2.63. The zero-order valence-corrected chi connectivity index (χ0v) is 36.3. The highest BCUT2D eigenvalue weighted by Gasteiger charge is 2.51. The third-order valence-electron chi connectivity index (χ3n) is 11.5. The Labute approximate surface area is 381 Å². The van der Waals surface area contributed by atoms with Gasteiger partial charge in [0.25, 0.3) is 0 Å². The molecule has 11 heteroatoms. The van der Waals surface area contributed by atoms with Gasteiger partial charge in [-0.3, -0.25) is 0 Å². The Morgan fingerprint density at radius 3 is 1.09 bits per heavy atom. The Morgan fingerprint density at radius 2 is 0.662 bits per heavy atom. The number of hydrogen-bond donors (Lipinski definition) is 2. The minimum atomic E-state index is -1.49. The molecule has 6 aromatic rings. The largest absolute Gasteiger partial charge is 0.387 e. The Balaban J connectivity index is 1.08. The Bertz CT molecular complexity index is 2210. The Kier molecular flexibility index (Phi) is 17.4. The van der Waals surface area contributed by atoms with Crippen molar-refractivity contribution < 1.29 is 52.8 Å². The predicted molar refractivity (Wildman–Crippen MR) is 243 cm³/mol. The van der Waals surface area contributed by atoms with Gasteiger partial charge in [0.2, 0.25) is 0 Å². The second-order valence-electron chi connectivity index (χ2n) is 16.2. The molecule has 8 rings (SSSR count). The number of aliphatic hydroxyl groups excluding tert-OH is 2. The Hall–Kier alpha value is -5.12. The average molecular weight is 883 g/mol. The number of benzene rings is 6. The standard InChI is InChI=1S/C54H58O11/c55-47-48(58-32-40-21-9-2-10-22-40)46(64-53(56)50(47)60-34-42-25-13-4-14-26-42)38-63-54-52(62-36-44-29-17-6-18-30-44)51(61-35-43-27-15-5-16-28-43)49(59-33-41-23-11-3-12-24-41)45(65-54)37-57-31-39-19-7-1-8-20-39/h1-30,45-56H,31-38H2/t45-,46-,47+,48-,49-,50+,51+,52+,53-,54+/m1/s1. The van der Waals surface area contributed by atoms with Crippen LogP contribution in [0.2, 0.25) is 0 Å². The minimum absolute atomic E-state index is 0.144. The molecule has 2 aliphatic heterocycles. The van der Waals surface area contributed by atoms with E-state index in [1.807, 2.05) is 182 Å². The van der Waals surface area contributed by atoms with Crippen LogP contribution >= 0.6 is 0 Å². The van der Waals surface area contributed by atoms with Crippen LogP contribution in [0.5, 0.6) is 0 Å². The molecule has 11 nitrogen and oxygen atoms in total. The van der Waals surface area contributed by atoms with Gasteiger partial charge in [-0.25, -0.2) is 0 Å². The fraction of sp³-hybridized carbons (Fsp3) is 0.333. The van der Waals surface area contributed by atoms with E-state index in [2.05, 4.69) is 0 Å². The molecule has 2 saturated heterocycles. The van der Waals surface area contributed by atoms with E-state index in [-0.39, 0.29) is 46.2 Å². The van der Waals surface area contributed by atoms with E-state index in [4.69, 9.17) is 42.6 Å². The molecular formula is C54H58O11. The summed E-state index contributed by atoms with van der Waals surface area (Å²) in [6.45, 7) is 1.42. The molecule has 2 fully saturated rings. The van der Waals surface area contributed by atoms with Gasteiger partial charge < -0.3 is 52.8 Å². The maximum absolute atomic E-state index is 11.9. The molecule has 10 atom stereocenters. The molecule has 0 saturated carbocycles. The molecule has 65 heavy (non-hydrogen) atoms. The first-order valence-electron chi connectivity index (χ1n) is 22.3. The second kappa shape index (κ2) is 24.4. The Morgan fingerprint density at radius 1 is 0.323 bits per heavy atom. The fourth-order valence-corrected chi connectivity index (χ4v) is 8.03. The summed E-state index contributed by atoms with van der Waals surface area (Å²) in [5.74, 6) is 0. The van der Waals surface area contributed by atoms with Crippen molar-refractivity contribution in [3.8, 4) is 0 Å². The average Bonchev–Trinajstić information content (AvgIpc) is 3.35. The van der Waals surface area contributed by atoms with Crippen LogP contribution in [-0.4, -0.2) is 84.8 Å². The lowest BCUT2D eigenvalue weighted by molar-refractivity contribution is -0.346. The van der Waals surface area contributed by atoms with Crippen molar-refractivity contribution in [1.29, 1.82) is 0 Å². The van der Waals surface area contributed by atoms with Crippen LogP contribution in [0.3, 0.4) is 0 Å². The smallest absolute Gasteiger partial charge is 0.187 e.